The molecule has 0 aliphatic heterocycles. The number of hydrogen-bond acceptors (Lipinski definition) is 4. The zero-order valence-corrected chi connectivity index (χ0v) is 17.0. The zero-order chi connectivity index (χ0) is 18.1. The third-order valence-corrected chi connectivity index (χ3v) is 5.74. The maximum Gasteiger partial charge on any atom is 0.191 e. The Bertz CT molecular complexity index is 512. The summed E-state index contributed by atoms with van der Waals surface area (Å²) in [4.78, 5) is 8.72. The van der Waals surface area contributed by atoms with E-state index in [1.165, 1.54) is 17.7 Å². The van der Waals surface area contributed by atoms with Crippen LogP contribution in [-0.4, -0.2) is 63.3 Å². The number of methoxy groups -OCH3 is 1. The minimum atomic E-state index is 0.0645. The van der Waals surface area contributed by atoms with E-state index < -0.39 is 0 Å². The Labute approximate surface area is 156 Å². The average Bonchev–Trinajstić information content (AvgIpc) is 3.27. The summed E-state index contributed by atoms with van der Waals surface area (Å²) in [6.45, 7) is 12.0. The fraction of sp³-hybridized carbons (Fsp3) is 0.737. The van der Waals surface area contributed by atoms with Gasteiger partial charge in [-0.15, -0.1) is 11.3 Å². The topological polar surface area (TPSA) is 48.9 Å². The van der Waals surface area contributed by atoms with Gasteiger partial charge in [0.25, 0.3) is 0 Å². The van der Waals surface area contributed by atoms with Gasteiger partial charge in [-0.2, -0.15) is 0 Å². The summed E-state index contributed by atoms with van der Waals surface area (Å²) >= 11 is 1.81. The normalized spacial score (nSPS) is 15.6. The summed E-state index contributed by atoms with van der Waals surface area (Å²) in [6, 6.07) is 5.07. The molecule has 25 heavy (non-hydrogen) atoms. The molecule has 1 aliphatic carbocycles. The molecule has 2 rings (SSSR count). The van der Waals surface area contributed by atoms with Gasteiger partial charge >= 0.3 is 0 Å². The van der Waals surface area contributed by atoms with Gasteiger partial charge in [0, 0.05) is 49.6 Å². The first-order chi connectivity index (χ1) is 12.1. The lowest BCUT2D eigenvalue weighted by Crippen LogP contribution is -2.43. The molecule has 142 valence electrons. The van der Waals surface area contributed by atoms with Gasteiger partial charge in [-0.3, -0.25) is 9.89 Å². The van der Waals surface area contributed by atoms with Crippen molar-refractivity contribution in [2.24, 2.45) is 4.99 Å². The van der Waals surface area contributed by atoms with Crippen LogP contribution in [0.5, 0.6) is 0 Å². The number of nitrogens with zero attached hydrogens (tertiary/aromatic N) is 2. The molecule has 6 heteroatoms. The SMILES string of the molecule is CCNC(=NCC(C)(C)c1cccs1)NCCN(CCOC)C1CC1. The molecule has 0 atom stereocenters. The highest BCUT2D eigenvalue weighted by molar-refractivity contribution is 7.10. The molecule has 1 heterocycles. The molecule has 2 N–H and O–H groups in total. The molecule has 1 aromatic heterocycles. The number of hydrogen-bond donors (Lipinski definition) is 2. The van der Waals surface area contributed by atoms with E-state index in [0.717, 1.165) is 51.3 Å². The van der Waals surface area contributed by atoms with Gasteiger partial charge in [0.15, 0.2) is 5.96 Å². The highest BCUT2D eigenvalue weighted by Gasteiger charge is 2.28. The summed E-state index contributed by atoms with van der Waals surface area (Å²) < 4.78 is 5.23. The Balaban J connectivity index is 1.82. The van der Waals surface area contributed by atoms with Crippen molar-refractivity contribution in [1.82, 2.24) is 15.5 Å². The minimum absolute atomic E-state index is 0.0645. The quantitative estimate of drug-likeness (QED) is 0.467. The molecule has 1 aromatic rings. The van der Waals surface area contributed by atoms with Crippen LogP contribution in [0.4, 0.5) is 0 Å². The van der Waals surface area contributed by atoms with Crippen molar-refractivity contribution in [3.05, 3.63) is 22.4 Å². The van der Waals surface area contributed by atoms with E-state index >= 15 is 0 Å². The molecule has 0 spiro atoms. The van der Waals surface area contributed by atoms with Crippen LogP contribution in [0, 0.1) is 0 Å². The van der Waals surface area contributed by atoms with Crippen molar-refractivity contribution < 1.29 is 4.74 Å². The summed E-state index contributed by atoms with van der Waals surface area (Å²) in [5.74, 6) is 0.912. The molecule has 0 radical (unpaired) electrons. The smallest absolute Gasteiger partial charge is 0.191 e. The summed E-state index contributed by atoms with van der Waals surface area (Å²) in [6.07, 6.45) is 2.65. The Hall–Kier alpha value is -1.11. The first kappa shape index (κ1) is 20.2. The summed E-state index contributed by atoms with van der Waals surface area (Å²) in [7, 11) is 1.77. The number of rotatable bonds is 11. The number of guanidine groups is 1. The first-order valence-electron chi connectivity index (χ1n) is 9.36. The minimum Gasteiger partial charge on any atom is -0.383 e. The number of nitrogens with one attached hydrogen (secondary N) is 2. The van der Waals surface area contributed by atoms with E-state index in [0.29, 0.717) is 0 Å². The lowest BCUT2D eigenvalue weighted by atomic mass is 9.92. The lowest BCUT2D eigenvalue weighted by molar-refractivity contribution is 0.144. The van der Waals surface area contributed by atoms with Crippen LogP contribution in [0.1, 0.15) is 38.5 Å². The molecule has 0 amide bonds. The molecular weight excluding hydrogens is 332 g/mol. The van der Waals surface area contributed by atoms with Crippen molar-refractivity contribution >= 4 is 17.3 Å². The molecule has 0 aromatic carbocycles. The largest absolute Gasteiger partial charge is 0.383 e. The number of ether oxygens (including phenoxy) is 1. The molecule has 0 saturated heterocycles. The van der Waals surface area contributed by atoms with Crippen LogP contribution in [0.25, 0.3) is 0 Å². The molecule has 5 nitrogen and oxygen atoms in total. The second kappa shape index (κ2) is 10.1. The van der Waals surface area contributed by atoms with Gasteiger partial charge in [-0.25, -0.2) is 0 Å². The van der Waals surface area contributed by atoms with E-state index in [-0.39, 0.29) is 5.41 Å². The number of aliphatic imine (C=N–C) groups is 1. The Morgan fingerprint density at radius 3 is 2.76 bits per heavy atom. The van der Waals surface area contributed by atoms with Crippen LogP contribution in [0.2, 0.25) is 0 Å². The molecule has 0 unspecified atom stereocenters. The van der Waals surface area contributed by atoms with Crippen molar-refractivity contribution in [2.75, 3.05) is 46.4 Å². The maximum atomic E-state index is 5.23. The summed E-state index contributed by atoms with van der Waals surface area (Å²) in [5, 5.41) is 8.98. The monoisotopic (exact) mass is 366 g/mol. The van der Waals surface area contributed by atoms with Crippen molar-refractivity contribution in [3.8, 4) is 0 Å². The fourth-order valence-electron chi connectivity index (χ4n) is 2.80. The Kier molecular flexibility index (Phi) is 8.19. The van der Waals surface area contributed by atoms with Crippen LogP contribution in [-0.2, 0) is 10.2 Å². The van der Waals surface area contributed by atoms with Crippen LogP contribution in [0.15, 0.2) is 22.5 Å². The third kappa shape index (κ3) is 6.96. The average molecular weight is 367 g/mol. The second-order valence-electron chi connectivity index (χ2n) is 7.24. The predicted molar refractivity (Wildman–Crippen MR) is 108 cm³/mol. The Morgan fingerprint density at radius 2 is 2.16 bits per heavy atom. The lowest BCUT2D eigenvalue weighted by Gasteiger charge is -2.23. The van der Waals surface area contributed by atoms with Gasteiger partial charge in [-0.1, -0.05) is 19.9 Å². The van der Waals surface area contributed by atoms with E-state index in [9.17, 15) is 0 Å². The van der Waals surface area contributed by atoms with Crippen LogP contribution < -0.4 is 10.6 Å². The van der Waals surface area contributed by atoms with Gasteiger partial charge in [0.1, 0.15) is 0 Å². The molecule has 1 aliphatic rings. The van der Waals surface area contributed by atoms with Gasteiger partial charge in [-0.05, 0) is 31.2 Å². The van der Waals surface area contributed by atoms with Crippen LogP contribution >= 0.6 is 11.3 Å². The maximum absolute atomic E-state index is 5.23. The van der Waals surface area contributed by atoms with Crippen molar-refractivity contribution in [3.63, 3.8) is 0 Å². The van der Waals surface area contributed by atoms with Crippen molar-refractivity contribution in [2.45, 2.75) is 45.1 Å². The van der Waals surface area contributed by atoms with Crippen LogP contribution in [0.3, 0.4) is 0 Å². The molecular formula is C19H34N4OS. The number of thiophene rings is 1. The second-order valence-corrected chi connectivity index (χ2v) is 8.19. The Morgan fingerprint density at radius 1 is 1.36 bits per heavy atom. The van der Waals surface area contributed by atoms with Gasteiger partial charge in [0.05, 0.1) is 13.2 Å². The summed E-state index contributed by atoms with van der Waals surface area (Å²) in [5.41, 5.74) is 0.0645. The molecule has 0 bridgehead atoms. The van der Waals surface area contributed by atoms with E-state index in [1.54, 1.807) is 18.4 Å². The zero-order valence-electron chi connectivity index (χ0n) is 16.2. The first-order valence-corrected chi connectivity index (χ1v) is 10.2. The van der Waals surface area contributed by atoms with E-state index in [4.69, 9.17) is 9.73 Å². The highest BCUT2D eigenvalue weighted by atomic mass is 32.1. The van der Waals surface area contributed by atoms with Gasteiger partial charge in [0.2, 0.25) is 0 Å². The molecule has 1 fully saturated rings. The highest BCUT2D eigenvalue weighted by Crippen LogP contribution is 2.27. The third-order valence-electron chi connectivity index (χ3n) is 4.50. The fourth-order valence-corrected chi connectivity index (χ4v) is 3.65. The standard InChI is InChI=1S/C19H34N4OS/c1-5-20-18(22-15-19(2,3)17-7-6-14-25-17)21-10-11-23(12-13-24-4)16-8-9-16/h6-7,14,16H,5,8-13,15H2,1-4H3,(H2,20,21,22). The van der Waals surface area contributed by atoms with Crippen molar-refractivity contribution in [1.29, 1.82) is 0 Å². The van der Waals surface area contributed by atoms with Gasteiger partial charge < -0.3 is 15.4 Å². The van der Waals surface area contributed by atoms with E-state index in [1.807, 2.05) is 0 Å². The van der Waals surface area contributed by atoms with E-state index in [2.05, 4.69) is 53.8 Å². The molecule has 1 saturated carbocycles. The predicted octanol–water partition coefficient (Wildman–Crippen LogP) is 2.69.